The molecule has 3 aromatic carbocycles. The van der Waals surface area contributed by atoms with Crippen molar-refractivity contribution in [3.05, 3.63) is 89.2 Å². The molecule has 0 atom stereocenters. The van der Waals surface area contributed by atoms with Crippen LogP contribution in [-0.4, -0.2) is 20.9 Å². The van der Waals surface area contributed by atoms with E-state index in [1.54, 1.807) is 48.5 Å². The fourth-order valence-corrected chi connectivity index (χ4v) is 2.74. The van der Waals surface area contributed by atoms with Crippen molar-refractivity contribution in [2.45, 2.75) is 0 Å². The molecule has 0 aliphatic rings. The summed E-state index contributed by atoms with van der Waals surface area (Å²) in [5.41, 5.74) is 3.40. The summed E-state index contributed by atoms with van der Waals surface area (Å²) in [5, 5.41) is 12.2. The molecular formula is C21H14ClFN4O. The molecule has 5 nitrogen and oxygen atoms in total. The number of aromatic nitrogens is 3. The Balaban J connectivity index is 1.50. The Morgan fingerprint density at radius 3 is 2.43 bits per heavy atom. The Bertz CT molecular complexity index is 1170. The maximum atomic E-state index is 13.1. The van der Waals surface area contributed by atoms with E-state index in [0.29, 0.717) is 27.4 Å². The number of rotatable bonds is 4. The molecule has 0 bridgehead atoms. The van der Waals surface area contributed by atoms with Crippen LogP contribution in [0, 0.1) is 5.82 Å². The molecule has 1 heterocycles. The van der Waals surface area contributed by atoms with E-state index in [0.717, 1.165) is 5.56 Å². The number of amides is 1. The second-order valence-electron chi connectivity index (χ2n) is 6.04. The predicted molar refractivity (Wildman–Crippen MR) is 108 cm³/mol. The van der Waals surface area contributed by atoms with Gasteiger partial charge in [-0.2, -0.15) is 4.80 Å². The Labute approximate surface area is 165 Å². The number of nitrogens with zero attached hydrogens (tertiary/aromatic N) is 3. The lowest BCUT2D eigenvalue weighted by Gasteiger charge is -2.01. The van der Waals surface area contributed by atoms with Gasteiger partial charge in [-0.15, -0.1) is 10.2 Å². The molecule has 1 amide bonds. The summed E-state index contributed by atoms with van der Waals surface area (Å²) in [6.45, 7) is 0. The van der Waals surface area contributed by atoms with Crippen LogP contribution in [0.25, 0.3) is 22.8 Å². The maximum Gasteiger partial charge on any atom is 0.248 e. The summed E-state index contributed by atoms with van der Waals surface area (Å²) in [4.78, 5) is 13.6. The van der Waals surface area contributed by atoms with Gasteiger partial charge in [0, 0.05) is 16.8 Å². The average molecular weight is 393 g/mol. The highest BCUT2D eigenvalue weighted by atomic mass is 35.5. The lowest BCUT2D eigenvalue weighted by Crippen LogP contribution is -2.07. The quantitative estimate of drug-likeness (QED) is 0.504. The predicted octanol–water partition coefficient (Wildman–Crippen LogP) is 4.86. The second kappa shape index (κ2) is 7.62. The fraction of sp³-hybridized carbons (Fsp3) is 0. The molecular weight excluding hydrogens is 379 g/mol. The van der Waals surface area contributed by atoms with Crippen LogP contribution in [0.4, 0.5) is 10.1 Å². The summed E-state index contributed by atoms with van der Waals surface area (Å²) >= 11 is 5.84. The zero-order valence-corrected chi connectivity index (χ0v) is 15.3. The highest BCUT2D eigenvalue weighted by molar-refractivity contribution is 6.30. The number of benzene rings is 3. The number of fused-ring (bicyclic) bond motifs is 1. The van der Waals surface area contributed by atoms with E-state index in [4.69, 9.17) is 11.6 Å². The molecule has 0 fully saturated rings. The van der Waals surface area contributed by atoms with Crippen molar-refractivity contribution in [2.75, 3.05) is 5.32 Å². The molecule has 0 saturated heterocycles. The van der Waals surface area contributed by atoms with Crippen LogP contribution in [0.2, 0.25) is 5.02 Å². The van der Waals surface area contributed by atoms with E-state index in [9.17, 15) is 9.18 Å². The zero-order valence-electron chi connectivity index (χ0n) is 14.5. The second-order valence-corrected chi connectivity index (χ2v) is 6.48. The Hall–Kier alpha value is -3.51. The topological polar surface area (TPSA) is 59.8 Å². The lowest BCUT2D eigenvalue weighted by atomic mass is 10.2. The third-order valence-electron chi connectivity index (χ3n) is 4.00. The van der Waals surface area contributed by atoms with Crippen molar-refractivity contribution in [1.29, 1.82) is 0 Å². The molecule has 0 unspecified atom stereocenters. The highest BCUT2D eigenvalue weighted by Gasteiger charge is 2.07. The summed E-state index contributed by atoms with van der Waals surface area (Å²) < 4.78 is 13.1. The smallest absolute Gasteiger partial charge is 0.248 e. The first-order valence-electron chi connectivity index (χ1n) is 8.44. The normalized spacial score (nSPS) is 11.2. The molecule has 0 saturated carbocycles. The molecule has 28 heavy (non-hydrogen) atoms. The van der Waals surface area contributed by atoms with Crippen molar-refractivity contribution < 1.29 is 9.18 Å². The SMILES string of the molecule is O=C(/C=C/c1ccc(Cl)cc1)Nc1ccc2nn(-c3ccc(F)cc3)nc2c1. The van der Waals surface area contributed by atoms with Crippen LogP contribution < -0.4 is 5.32 Å². The highest BCUT2D eigenvalue weighted by Crippen LogP contribution is 2.18. The van der Waals surface area contributed by atoms with Gasteiger partial charge in [-0.1, -0.05) is 23.7 Å². The van der Waals surface area contributed by atoms with Crippen LogP contribution in [0.1, 0.15) is 5.56 Å². The van der Waals surface area contributed by atoms with E-state index >= 15 is 0 Å². The maximum absolute atomic E-state index is 13.1. The minimum absolute atomic E-state index is 0.264. The summed E-state index contributed by atoms with van der Waals surface area (Å²) in [6, 6.07) is 18.3. The number of halogens is 2. The van der Waals surface area contributed by atoms with Crippen molar-refractivity contribution in [1.82, 2.24) is 15.0 Å². The van der Waals surface area contributed by atoms with E-state index in [-0.39, 0.29) is 11.7 Å². The van der Waals surface area contributed by atoms with Gasteiger partial charge in [0.05, 0.1) is 5.69 Å². The summed E-state index contributed by atoms with van der Waals surface area (Å²) in [6.07, 6.45) is 3.15. The van der Waals surface area contributed by atoms with E-state index < -0.39 is 0 Å². The first-order valence-corrected chi connectivity index (χ1v) is 8.82. The van der Waals surface area contributed by atoms with Crippen LogP contribution in [-0.2, 0) is 4.79 Å². The molecule has 4 aromatic rings. The van der Waals surface area contributed by atoms with Crippen molar-refractivity contribution in [3.63, 3.8) is 0 Å². The number of anilines is 1. The zero-order chi connectivity index (χ0) is 19.5. The van der Waals surface area contributed by atoms with Gasteiger partial charge < -0.3 is 5.32 Å². The van der Waals surface area contributed by atoms with Gasteiger partial charge in [-0.05, 0) is 66.2 Å². The number of hydrogen-bond donors (Lipinski definition) is 1. The van der Waals surface area contributed by atoms with Crippen molar-refractivity contribution in [3.8, 4) is 5.69 Å². The van der Waals surface area contributed by atoms with Gasteiger partial charge in [0.15, 0.2) is 0 Å². The van der Waals surface area contributed by atoms with E-state index in [2.05, 4.69) is 15.5 Å². The van der Waals surface area contributed by atoms with Gasteiger partial charge in [0.25, 0.3) is 0 Å². The molecule has 0 spiro atoms. The lowest BCUT2D eigenvalue weighted by molar-refractivity contribution is -0.111. The molecule has 1 N–H and O–H groups in total. The third kappa shape index (κ3) is 4.07. The third-order valence-corrected chi connectivity index (χ3v) is 4.25. The molecule has 1 aromatic heterocycles. The first-order chi connectivity index (χ1) is 13.6. The van der Waals surface area contributed by atoms with Crippen LogP contribution >= 0.6 is 11.6 Å². The van der Waals surface area contributed by atoms with Gasteiger partial charge in [0.2, 0.25) is 5.91 Å². The van der Waals surface area contributed by atoms with Crippen molar-refractivity contribution >= 4 is 40.3 Å². The number of carbonyl (C=O) groups is 1. The molecule has 4 rings (SSSR count). The Morgan fingerprint density at radius 1 is 0.964 bits per heavy atom. The largest absolute Gasteiger partial charge is 0.322 e. The minimum atomic E-state index is -0.322. The fourth-order valence-electron chi connectivity index (χ4n) is 2.61. The summed E-state index contributed by atoms with van der Waals surface area (Å²) in [7, 11) is 0. The van der Waals surface area contributed by atoms with Gasteiger partial charge in [-0.3, -0.25) is 4.79 Å². The number of carbonyl (C=O) groups excluding carboxylic acids is 1. The minimum Gasteiger partial charge on any atom is -0.322 e. The molecule has 0 aliphatic heterocycles. The van der Waals surface area contributed by atoms with Crippen molar-refractivity contribution in [2.24, 2.45) is 0 Å². The molecule has 0 radical (unpaired) electrons. The van der Waals surface area contributed by atoms with Crippen LogP contribution in [0.15, 0.2) is 72.8 Å². The van der Waals surface area contributed by atoms with E-state index in [1.165, 1.54) is 23.0 Å². The Kier molecular flexibility index (Phi) is 4.87. The molecule has 7 heteroatoms. The summed E-state index contributed by atoms with van der Waals surface area (Å²) in [5.74, 6) is -0.586. The van der Waals surface area contributed by atoms with Gasteiger partial charge >= 0.3 is 0 Å². The standard InChI is InChI=1S/C21H14ClFN4O/c22-15-4-1-14(2-5-15)3-12-21(28)24-17-8-11-19-20(13-17)26-27(25-19)18-9-6-16(23)7-10-18/h1-13H,(H,24,28)/b12-3+. The van der Waals surface area contributed by atoms with E-state index in [1.807, 2.05) is 12.1 Å². The first kappa shape index (κ1) is 17.9. The average Bonchev–Trinajstić information content (AvgIpc) is 3.11. The van der Waals surface area contributed by atoms with Crippen LogP contribution in [0.3, 0.4) is 0 Å². The Morgan fingerprint density at radius 2 is 1.68 bits per heavy atom. The van der Waals surface area contributed by atoms with Gasteiger partial charge in [0.1, 0.15) is 16.9 Å². The number of hydrogen-bond acceptors (Lipinski definition) is 3. The number of nitrogens with one attached hydrogen (secondary N) is 1. The monoisotopic (exact) mass is 392 g/mol. The molecule has 138 valence electrons. The molecule has 0 aliphatic carbocycles. The van der Waals surface area contributed by atoms with Crippen LogP contribution in [0.5, 0.6) is 0 Å². The van der Waals surface area contributed by atoms with Gasteiger partial charge in [-0.25, -0.2) is 4.39 Å².